The van der Waals surface area contributed by atoms with Crippen LogP contribution in [0, 0.1) is 11.6 Å². The first kappa shape index (κ1) is 15.7. The molecule has 1 amide bonds. The third-order valence-electron chi connectivity index (χ3n) is 3.54. The molecule has 1 aliphatic heterocycles. The SMILES string of the molecule is O=C(CSc1ncn[nH]1)NC1CCN(c2ccc(F)cc2F)C1. The maximum Gasteiger partial charge on any atom is 0.230 e. The Hall–Kier alpha value is -2.16. The minimum atomic E-state index is -0.597. The van der Waals surface area contributed by atoms with Gasteiger partial charge in [0.1, 0.15) is 18.0 Å². The Labute approximate surface area is 135 Å². The predicted molar refractivity (Wildman–Crippen MR) is 82.2 cm³/mol. The van der Waals surface area contributed by atoms with Gasteiger partial charge < -0.3 is 10.2 Å². The Bertz CT molecular complexity index is 682. The lowest BCUT2D eigenvalue weighted by atomic mass is 10.2. The number of halogens is 2. The summed E-state index contributed by atoms with van der Waals surface area (Å²) in [4.78, 5) is 17.6. The smallest absolute Gasteiger partial charge is 0.230 e. The van der Waals surface area contributed by atoms with Crippen LogP contribution >= 0.6 is 11.8 Å². The third-order valence-corrected chi connectivity index (χ3v) is 4.41. The number of nitrogens with one attached hydrogen (secondary N) is 2. The summed E-state index contributed by atoms with van der Waals surface area (Å²) in [5.74, 6) is -1.06. The van der Waals surface area contributed by atoms with E-state index in [1.165, 1.54) is 30.2 Å². The average Bonchev–Trinajstić information content (AvgIpc) is 3.17. The van der Waals surface area contributed by atoms with E-state index in [0.717, 1.165) is 12.5 Å². The molecular weight excluding hydrogens is 324 g/mol. The highest BCUT2D eigenvalue weighted by atomic mass is 32.2. The zero-order valence-electron chi connectivity index (χ0n) is 12.1. The zero-order valence-corrected chi connectivity index (χ0v) is 12.9. The Morgan fingerprint density at radius 3 is 3.09 bits per heavy atom. The minimum absolute atomic E-state index is 0.0534. The standard InChI is InChI=1S/C14H15F2N5OS/c15-9-1-2-12(11(16)5-9)21-4-3-10(6-21)19-13(22)7-23-14-17-8-18-20-14/h1-2,5,8,10H,3-4,6-7H2,(H,19,22)(H,17,18,20). The van der Waals surface area contributed by atoms with E-state index in [2.05, 4.69) is 20.5 Å². The van der Waals surface area contributed by atoms with Crippen LogP contribution in [0.3, 0.4) is 0 Å². The molecule has 1 aromatic heterocycles. The van der Waals surface area contributed by atoms with E-state index in [1.807, 2.05) is 4.90 Å². The molecular formula is C14H15F2N5OS. The van der Waals surface area contributed by atoms with Crippen LogP contribution in [-0.4, -0.2) is 46.0 Å². The summed E-state index contributed by atoms with van der Waals surface area (Å²) in [5, 5.41) is 9.87. The van der Waals surface area contributed by atoms with Crippen LogP contribution in [0.2, 0.25) is 0 Å². The number of carbonyl (C=O) groups is 1. The van der Waals surface area contributed by atoms with E-state index in [0.29, 0.717) is 23.9 Å². The maximum absolute atomic E-state index is 13.8. The maximum atomic E-state index is 13.8. The molecule has 1 saturated heterocycles. The molecule has 0 aliphatic carbocycles. The number of aromatic amines is 1. The van der Waals surface area contributed by atoms with E-state index in [-0.39, 0.29) is 17.7 Å². The Kier molecular flexibility index (Phi) is 4.75. The van der Waals surface area contributed by atoms with Gasteiger partial charge in [0.25, 0.3) is 0 Å². The second kappa shape index (κ2) is 6.95. The van der Waals surface area contributed by atoms with Crippen molar-refractivity contribution < 1.29 is 13.6 Å². The Morgan fingerprint density at radius 2 is 2.35 bits per heavy atom. The quantitative estimate of drug-likeness (QED) is 0.809. The van der Waals surface area contributed by atoms with E-state index >= 15 is 0 Å². The normalized spacial score (nSPS) is 17.5. The van der Waals surface area contributed by atoms with Crippen molar-refractivity contribution in [2.24, 2.45) is 0 Å². The highest BCUT2D eigenvalue weighted by molar-refractivity contribution is 7.99. The third kappa shape index (κ3) is 3.98. The van der Waals surface area contributed by atoms with Crippen LogP contribution in [0.15, 0.2) is 29.7 Å². The second-order valence-electron chi connectivity index (χ2n) is 5.17. The Balaban J connectivity index is 1.50. The number of anilines is 1. The lowest BCUT2D eigenvalue weighted by Crippen LogP contribution is -2.38. The number of nitrogens with zero attached hydrogens (tertiary/aromatic N) is 3. The van der Waals surface area contributed by atoms with E-state index in [9.17, 15) is 13.6 Å². The van der Waals surface area contributed by atoms with Crippen molar-refractivity contribution in [1.29, 1.82) is 0 Å². The fraction of sp³-hybridized carbons (Fsp3) is 0.357. The molecule has 23 heavy (non-hydrogen) atoms. The van der Waals surface area contributed by atoms with Gasteiger partial charge in [0.05, 0.1) is 11.4 Å². The summed E-state index contributed by atoms with van der Waals surface area (Å²) in [6.07, 6.45) is 2.10. The number of benzene rings is 1. The summed E-state index contributed by atoms with van der Waals surface area (Å²) in [5.41, 5.74) is 0.360. The fourth-order valence-electron chi connectivity index (χ4n) is 2.50. The summed E-state index contributed by atoms with van der Waals surface area (Å²) in [6, 6.07) is 3.48. The second-order valence-corrected chi connectivity index (χ2v) is 6.14. The van der Waals surface area contributed by atoms with Crippen molar-refractivity contribution in [2.75, 3.05) is 23.7 Å². The molecule has 1 aliphatic rings. The van der Waals surface area contributed by atoms with Gasteiger partial charge in [0.2, 0.25) is 5.91 Å². The van der Waals surface area contributed by atoms with Crippen molar-refractivity contribution in [2.45, 2.75) is 17.6 Å². The number of thioether (sulfide) groups is 1. The van der Waals surface area contributed by atoms with Gasteiger partial charge in [0, 0.05) is 25.2 Å². The molecule has 1 fully saturated rings. The monoisotopic (exact) mass is 339 g/mol. The first-order chi connectivity index (χ1) is 11.1. The van der Waals surface area contributed by atoms with Crippen LogP contribution in [0.1, 0.15) is 6.42 Å². The predicted octanol–water partition coefficient (Wildman–Crippen LogP) is 1.57. The molecule has 3 rings (SSSR count). The van der Waals surface area contributed by atoms with Crippen molar-refractivity contribution in [1.82, 2.24) is 20.5 Å². The van der Waals surface area contributed by atoms with Crippen LogP contribution in [0.5, 0.6) is 0 Å². The lowest BCUT2D eigenvalue weighted by Gasteiger charge is -2.19. The first-order valence-corrected chi connectivity index (χ1v) is 8.08. The highest BCUT2D eigenvalue weighted by Crippen LogP contribution is 2.24. The molecule has 6 nitrogen and oxygen atoms in total. The topological polar surface area (TPSA) is 73.9 Å². The van der Waals surface area contributed by atoms with Gasteiger partial charge in [-0.15, -0.1) is 0 Å². The molecule has 2 aromatic rings. The minimum Gasteiger partial charge on any atom is -0.367 e. The molecule has 2 N–H and O–H groups in total. The number of rotatable bonds is 5. The van der Waals surface area contributed by atoms with Crippen molar-refractivity contribution in [3.05, 3.63) is 36.2 Å². The Morgan fingerprint density at radius 1 is 1.48 bits per heavy atom. The molecule has 1 atom stereocenters. The van der Waals surface area contributed by atoms with Crippen LogP contribution < -0.4 is 10.2 Å². The van der Waals surface area contributed by atoms with Gasteiger partial charge in [-0.05, 0) is 18.6 Å². The molecule has 0 radical (unpaired) electrons. The van der Waals surface area contributed by atoms with Gasteiger partial charge in [-0.1, -0.05) is 11.8 Å². The van der Waals surface area contributed by atoms with Gasteiger partial charge >= 0.3 is 0 Å². The molecule has 2 heterocycles. The molecule has 122 valence electrons. The molecule has 1 aromatic carbocycles. The van der Waals surface area contributed by atoms with Crippen LogP contribution in [0.25, 0.3) is 0 Å². The molecule has 0 saturated carbocycles. The number of carbonyl (C=O) groups excluding carboxylic acids is 1. The number of aromatic nitrogens is 3. The van der Waals surface area contributed by atoms with Gasteiger partial charge in [-0.3, -0.25) is 9.89 Å². The summed E-state index contributed by atoms with van der Waals surface area (Å²) in [7, 11) is 0. The van der Waals surface area contributed by atoms with E-state index in [1.54, 1.807) is 0 Å². The van der Waals surface area contributed by atoms with Gasteiger partial charge in [-0.25, -0.2) is 13.8 Å². The number of hydrogen-bond donors (Lipinski definition) is 2. The van der Waals surface area contributed by atoms with Crippen molar-refractivity contribution in [3.63, 3.8) is 0 Å². The molecule has 9 heteroatoms. The lowest BCUT2D eigenvalue weighted by molar-refractivity contribution is -0.119. The van der Waals surface area contributed by atoms with Crippen LogP contribution in [-0.2, 0) is 4.79 Å². The summed E-state index contributed by atoms with van der Waals surface area (Å²) in [6.45, 7) is 1.12. The first-order valence-electron chi connectivity index (χ1n) is 7.09. The largest absolute Gasteiger partial charge is 0.367 e. The highest BCUT2D eigenvalue weighted by Gasteiger charge is 2.25. The van der Waals surface area contributed by atoms with Gasteiger partial charge in [0.15, 0.2) is 5.16 Å². The van der Waals surface area contributed by atoms with Crippen molar-refractivity contribution >= 4 is 23.4 Å². The van der Waals surface area contributed by atoms with Gasteiger partial charge in [-0.2, -0.15) is 5.10 Å². The van der Waals surface area contributed by atoms with Crippen LogP contribution in [0.4, 0.5) is 14.5 Å². The number of H-pyrrole nitrogens is 1. The van der Waals surface area contributed by atoms with Crippen molar-refractivity contribution in [3.8, 4) is 0 Å². The number of amides is 1. The average molecular weight is 339 g/mol. The molecule has 0 spiro atoms. The summed E-state index contributed by atoms with van der Waals surface area (Å²) < 4.78 is 26.7. The summed E-state index contributed by atoms with van der Waals surface area (Å²) >= 11 is 1.26. The number of hydrogen-bond acceptors (Lipinski definition) is 5. The molecule has 1 unspecified atom stereocenters. The molecule has 0 bridgehead atoms. The van der Waals surface area contributed by atoms with E-state index < -0.39 is 11.6 Å². The zero-order chi connectivity index (χ0) is 16.2. The van der Waals surface area contributed by atoms with E-state index in [4.69, 9.17) is 0 Å². The fourth-order valence-corrected chi connectivity index (χ4v) is 3.09.